The van der Waals surface area contributed by atoms with Gasteiger partial charge >= 0.3 is 0 Å². The Balaban J connectivity index is 3.19. The molecule has 0 heterocycles. The number of nitrogens with one attached hydrogen (secondary N) is 2. The number of sulfonamides is 1. The Hall–Kier alpha value is -1.07. The highest BCUT2D eigenvalue weighted by Crippen LogP contribution is 2.25. The number of anilines is 1. The van der Waals surface area contributed by atoms with Crippen molar-refractivity contribution in [2.45, 2.75) is 52.5 Å². The summed E-state index contributed by atoms with van der Waals surface area (Å²) in [6.07, 6.45) is 0. The molecule has 0 bridgehead atoms. The second-order valence-corrected chi connectivity index (χ2v) is 7.27. The molecule has 0 aromatic heterocycles. The van der Waals surface area contributed by atoms with Crippen LogP contribution in [0.25, 0.3) is 0 Å². The quantitative estimate of drug-likeness (QED) is 0.848. The van der Waals surface area contributed by atoms with Crippen LogP contribution in [0.4, 0.5) is 5.69 Å². The summed E-state index contributed by atoms with van der Waals surface area (Å²) < 4.78 is 27.8. The zero-order chi connectivity index (χ0) is 15.5. The van der Waals surface area contributed by atoms with Gasteiger partial charge in [0.1, 0.15) is 0 Å². The van der Waals surface area contributed by atoms with Crippen molar-refractivity contribution in [1.29, 1.82) is 0 Å². The van der Waals surface area contributed by atoms with Gasteiger partial charge in [0.2, 0.25) is 10.0 Å². The molecule has 1 aromatic rings. The first-order valence-corrected chi connectivity index (χ1v) is 8.54. The molecule has 0 amide bonds. The number of benzene rings is 1. The zero-order valence-electron chi connectivity index (χ0n) is 13.2. The van der Waals surface area contributed by atoms with Crippen LogP contribution in [0.2, 0.25) is 0 Å². The van der Waals surface area contributed by atoms with Crippen LogP contribution >= 0.6 is 0 Å². The Bertz CT molecular complexity index is 542. The van der Waals surface area contributed by atoms with Crippen LogP contribution in [-0.4, -0.2) is 21.0 Å². The van der Waals surface area contributed by atoms with E-state index in [1.807, 2.05) is 53.7 Å². The number of aryl methyl sites for hydroxylation is 2. The minimum atomic E-state index is -3.48. The van der Waals surface area contributed by atoms with E-state index >= 15 is 0 Å². The molecule has 114 valence electrons. The van der Waals surface area contributed by atoms with Crippen molar-refractivity contribution in [1.82, 2.24) is 4.72 Å². The standard InChI is InChI=1S/C15H26N2O2S/c1-7-16-14-8-11(4)15(12(5)9-14)20(18,19)17-13(6)10(2)3/h8-10,13,16-17H,7H2,1-6H3. The third-order valence-electron chi connectivity index (χ3n) is 3.45. The Morgan fingerprint density at radius 3 is 2.00 bits per heavy atom. The van der Waals surface area contributed by atoms with Crippen molar-refractivity contribution in [2.75, 3.05) is 11.9 Å². The Kier molecular flexibility index (Phi) is 5.59. The monoisotopic (exact) mass is 298 g/mol. The lowest BCUT2D eigenvalue weighted by Crippen LogP contribution is -2.36. The van der Waals surface area contributed by atoms with Gasteiger partial charge in [-0.15, -0.1) is 0 Å². The fourth-order valence-electron chi connectivity index (χ4n) is 2.12. The lowest BCUT2D eigenvalue weighted by Gasteiger charge is -2.20. The van der Waals surface area contributed by atoms with E-state index in [-0.39, 0.29) is 12.0 Å². The molecule has 1 unspecified atom stereocenters. The minimum Gasteiger partial charge on any atom is -0.385 e. The first-order valence-electron chi connectivity index (χ1n) is 7.06. The Morgan fingerprint density at radius 1 is 1.10 bits per heavy atom. The molecule has 4 nitrogen and oxygen atoms in total. The molecule has 1 atom stereocenters. The van der Waals surface area contributed by atoms with Gasteiger partial charge in [-0.25, -0.2) is 13.1 Å². The summed E-state index contributed by atoms with van der Waals surface area (Å²) in [5.41, 5.74) is 2.49. The molecule has 0 saturated heterocycles. The van der Waals surface area contributed by atoms with Gasteiger partial charge in [0.25, 0.3) is 0 Å². The van der Waals surface area contributed by atoms with Gasteiger partial charge in [-0.2, -0.15) is 0 Å². The van der Waals surface area contributed by atoms with E-state index in [1.54, 1.807) is 0 Å². The number of hydrogen-bond donors (Lipinski definition) is 2. The topological polar surface area (TPSA) is 58.2 Å². The molecular weight excluding hydrogens is 272 g/mol. The van der Waals surface area contributed by atoms with Crippen LogP contribution in [-0.2, 0) is 10.0 Å². The lowest BCUT2D eigenvalue weighted by atomic mass is 10.1. The predicted octanol–water partition coefficient (Wildman–Crippen LogP) is 3.06. The summed E-state index contributed by atoms with van der Waals surface area (Å²) in [7, 11) is -3.48. The molecule has 5 heteroatoms. The molecule has 0 fully saturated rings. The van der Waals surface area contributed by atoms with Gasteiger partial charge in [-0.05, 0) is 56.9 Å². The van der Waals surface area contributed by atoms with Crippen LogP contribution in [0.15, 0.2) is 17.0 Å². The first kappa shape index (κ1) is 17.0. The summed E-state index contributed by atoms with van der Waals surface area (Å²) in [6, 6.07) is 3.67. The summed E-state index contributed by atoms with van der Waals surface area (Å²) >= 11 is 0. The number of rotatable bonds is 6. The van der Waals surface area contributed by atoms with E-state index < -0.39 is 10.0 Å². The van der Waals surface area contributed by atoms with Crippen LogP contribution in [0.1, 0.15) is 38.8 Å². The fraction of sp³-hybridized carbons (Fsp3) is 0.600. The smallest absolute Gasteiger partial charge is 0.241 e. The minimum absolute atomic E-state index is 0.0905. The molecule has 0 spiro atoms. The highest BCUT2D eigenvalue weighted by Gasteiger charge is 2.23. The van der Waals surface area contributed by atoms with E-state index in [0.717, 1.165) is 23.4 Å². The van der Waals surface area contributed by atoms with E-state index in [0.29, 0.717) is 4.90 Å². The molecular formula is C15H26N2O2S. The first-order chi connectivity index (χ1) is 9.19. The highest BCUT2D eigenvalue weighted by molar-refractivity contribution is 7.89. The van der Waals surface area contributed by atoms with E-state index in [9.17, 15) is 8.42 Å². The van der Waals surface area contributed by atoms with Crippen LogP contribution < -0.4 is 10.0 Å². The molecule has 20 heavy (non-hydrogen) atoms. The average Bonchev–Trinajstić information content (AvgIpc) is 2.26. The summed E-state index contributed by atoms with van der Waals surface area (Å²) in [5, 5.41) is 3.21. The van der Waals surface area contributed by atoms with Crippen LogP contribution in [0.3, 0.4) is 0 Å². The van der Waals surface area contributed by atoms with Gasteiger partial charge in [0.05, 0.1) is 4.90 Å². The number of hydrogen-bond acceptors (Lipinski definition) is 3. The predicted molar refractivity (Wildman–Crippen MR) is 84.7 cm³/mol. The maximum absolute atomic E-state index is 12.5. The molecule has 0 saturated carbocycles. The third kappa shape index (κ3) is 3.96. The molecule has 0 aliphatic carbocycles. The summed E-state index contributed by atoms with van der Waals surface area (Å²) in [4.78, 5) is 0.395. The maximum atomic E-state index is 12.5. The van der Waals surface area contributed by atoms with Gasteiger partial charge < -0.3 is 5.32 Å². The molecule has 0 aliphatic rings. The normalized spacial score (nSPS) is 13.6. The van der Waals surface area contributed by atoms with Crippen molar-refractivity contribution < 1.29 is 8.42 Å². The van der Waals surface area contributed by atoms with Crippen LogP contribution in [0.5, 0.6) is 0 Å². The lowest BCUT2D eigenvalue weighted by molar-refractivity contribution is 0.476. The van der Waals surface area contributed by atoms with Gasteiger partial charge in [0.15, 0.2) is 0 Å². The van der Waals surface area contributed by atoms with Crippen molar-refractivity contribution >= 4 is 15.7 Å². The van der Waals surface area contributed by atoms with Gasteiger partial charge in [0, 0.05) is 18.3 Å². The maximum Gasteiger partial charge on any atom is 0.241 e. The van der Waals surface area contributed by atoms with Crippen molar-refractivity contribution in [3.63, 3.8) is 0 Å². The third-order valence-corrected chi connectivity index (χ3v) is 5.31. The van der Waals surface area contributed by atoms with Crippen molar-refractivity contribution in [3.8, 4) is 0 Å². The van der Waals surface area contributed by atoms with E-state index in [1.165, 1.54) is 0 Å². The Morgan fingerprint density at radius 2 is 1.60 bits per heavy atom. The second kappa shape index (κ2) is 6.59. The average molecular weight is 298 g/mol. The second-order valence-electron chi connectivity index (χ2n) is 5.62. The molecule has 2 N–H and O–H groups in total. The molecule has 0 aliphatic heterocycles. The fourth-order valence-corrected chi connectivity index (χ4v) is 3.97. The van der Waals surface area contributed by atoms with E-state index in [2.05, 4.69) is 10.0 Å². The van der Waals surface area contributed by atoms with E-state index in [4.69, 9.17) is 0 Å². The molecule has 1 aromatic carbocycles. The highest BCUT2D eigenvalue weighted by atomic mass is 32.2. The summed E-state index contributed by atoms with van der Waals surface area (Å²) in [6.45, 7) is 12.4. The van der Waals surface area contributed by atoms with Gasteiger partial charge in [-0.3, -0.25) is 0 Å². The van der Waals surface area contributed by atoms with Crippen molar-refractivity contribution in [3.05, 3.63) is 23.3 Å². The van der Waals surface area contributed by atoms with Crippen LogP contribution in [0, 0.1) is 19.8 Å². The zero-order valence-corrected chi connectivity index (χ0v) is 14.1. The van der Waals surface area contributed by atoms with Gasteiger partial charge in [-0.1, -0.05) is 13.8 Å². The Labute approximate surface area is 123 Å². The summed E-state index contributed by atoms with van der Waals surface area (Å²) in [5.74, 6) is 0.256. The molecule has 1 rings (SSSR count). The molecule has 0 radical (unpaired) electrons. The van der Waals surface area contributed by atoms with Crippen molar-refractivity contribution in [2.24, 2.45) is 5.92 Å². The SMILES string of the molecule is CCNc1cc(C)c(S(=O)(=O)NC(C)C(C)C)c(C)c1. The largest absolute Gasteiger partial charge is 0.385 e.